The van der Waals surface area contributed by atoms with Crippen molar-refractivity contribution >= 4 is 11.3 Å². The summed E-state index contributed by atoms with van der Waals surface area (Å²) in [4.78, 5) is 2.81. The monoisotopic (exact) mass is 241 g/mol. The average Bonchev–Trinajstić information content (AvgIpc) is 2.73. The highest BCUT2D eigenvalue weighted by Gasteiger charge is 2.17. The van der Waals surface area contributed by atoms with Crippen molar-refractivity contribution < 1.29 is 4.74 Å². The van der Waals surface area contributed by atoms with Crippen LogP contribution in [0.4, 0.5) is 0 Å². The zero-order chi connectivity index (χ0) is 12.0. The Bertz CT molecular complexity index is 298. The third kappa shape index (κ3) is 3.89. The summed E-state index contributed by atoms with van der Waals surface area (Å²) in [7, 11) is 1.76. The molecule has 0 radical (unpaired) electrons. The van der Waals surface area contributed by atoms with Gasteiger partial charge in [0.05, 0.1) is 6.10 Å². The van der Waals surface area contributed by atoms with Gasteiger partial charge in [0.25, 0.3) is 0 Å². The lowest BCUT2D eigenvalue weighted by Crippen LogP contribution is -2.37. The van der Waals surface area contributed by atoms with E-state index in [1.54, 1.807) is 7.11 Å². The fraction of sp³-hybridized carbons (Fsp3) is 0.692. The molecule has 0 fully saturated rings. The molecule has 2 atom stereocenters. The molecule has 0 saturated carbocycles. The minimum absolute atomic E-state index is 0.119. The minimum atomic E-state index is 0.119. The van der Waals surface area contributed by atoms with Gasteiger partial charge in [-0.2, -0.15) is 0 Å². The summed E-state index contributed by atoms with van der Waals surface area (Å²) >= 11 is 1.87. The third-order valence-electron chi connectivity index (χ3n) is 2.86. The van der Waals surface area contributed by atoms with Crippen LogP contribution in [0.3, 0.4) is 0 Å². The Balaban J connectivity index is 2.51. The van der Waals surface area contributed by atoms with Gasteiger partial charge in [-0.05, 0) is 31.4 Å². The van der Waals surface area contributed by atoms with E-state index in [2.05, 4.69) is 26.0 Å². The van der Waals surface area contributed by atoms with Crippen molar-refractivity contribution in [2.24, 2.45) is 5.73 Å². The van der Waals surface area contributed by atoms with E-state index in [-0.39, 0.29) is 12.1 Å². The fourth-order valence-electron chi connectivity index (χ4n) is 1.88. The first kappa shape index (κ1) is 13.7. The summed E-state index contributed by atoms with van der Waals surface area (Å²) in [5.41, 5.74) is 6.18. The summed E-state index contributed by atoms with van der Waals surface area (Å²) in [6.45, 7) is 4.35. The van der Waals surface area contributed by atoms with Crippen LogP contribution in [0.15, 0.2) is 12.1 Å². The van der Waals surface area contributed by atoms with Crippen molar-refractivity contribution in [1.29, 1.82) is 0 Å². The van der Waals surface area contributed by atoms with Gasteiger partial charge in [0.1, 0.15) is 0 Å². The molecule has 0 aliphatic heterocycles. The number of aryl methyl sites for hydroxylation is 1. The molecule has 0 aliphatic rings. The summed E-state index contributed by atoms with van der Waals surface area (Å²) in [5, 5.41) is 0. The molecule has 0 aliphatic carbocycles. The molecule has 3 heteroatoms. The van der Waals surface area contributed by atoms with Gasteiger partial charge in [0.15, 0.2) is 0 Å². The molecule has 1 rings (SSSR count). The van der Waals surface area contributed by atoms with Crippen LogP contribution in [0.5, 0.6) is 0 Å². The van der Waals surface area contributed by atoms with E-state index < -0.39 is 0 Å². The van der Waals surface area contributed by atoms with Crippen LogP contribution in [-0.2, 0) is 17.6 Å². The molecule has 2 nitrogen and oxygen atoms in total. The van der Waals surface area contributed by atoms with Gasteiger partial charge in [-0.1, -0.05) is 20.3 Å². The van der Waals surface area contributed by atoms with E-state index in [1.165, 1.54) is 9.75 Å². The van der Waals surface area contributed by atoms with Crippen molar-refractivity contribution in [2.75, 3.05) is 7.11 Å². The lowest BCUT2D eigenvalue weighted by atomic mass is 10.0. The first-order chi connectivity index (χ1) is 7.71. The average molecular weight is 241 g/mol. The number of methoxy groups -OCH3 is 1. The Morgan fingerprint density at radius 2 is 2.00 bits per heavy atom. The molecule has 0 spiro atoms. The van der Waals surface area contributed by atoms with Crippen LogP contribution in [0.2, 0.25) is 0 Å². The van der Waals surface area contributed by atoms with Crippen LogP contribution < -0.4 is 5.73 Å². The third-order valence-corrected chi connectivity index (χ3v) is 4.11. The second-order valence-corrected chi connectivity index (χ2v) is 5.41. The molecule has 2 N–H and O–H groups in total. The van der Waals surface area contributed by atoms with Crippen LogP contribution in [0.25, 0.3) is 0 Å². The molecular formula is C13H23NOS. The van der Waals surface area contributed by atoms with E-state index in [1.807, 2.05) is 11.3 Å². The van der Waals surface area contributed by atoms with Crippen molar-refractivity contribution in [3.05, 3.63) is 21.9 Å². The maximum absolute atomic E-state index is 6.18. The molecule has 0 amide bonds. The Morgan fingerprint density at radius 1 is 1.31 bits per heavy atom. The predicted octanol–water partition coefficient (Wildman–Crippen LogP) is 3.00. The molecule has 16 heavy (non-hydrogen) atoms. The Morgan fingerprint density at radius 3 is 2.50 bits per heavy atom. The summed E-state index contributed by atoms with van der Waals surface area (Å²) in [5.74, 6) is 0. The molecule has 0 bridgehead atoms. The number of hydrogen-bond acceptors (Lipinski definition) is 3. The summed E-state index contributed by atoms with van der Waals surface area (Å²) in [6.07, 6.45) is 4.41. The lowest BCUT2D eigenvalue weighted by Gasteiger charge is -2.21. The zero-order valence-electron chi connectivity index (χ0n) is 10.5. The highest BCUT2D eigenvalue weighted by molar-refractivity contribution is 7.11. The van der Waals surface area contributed by atoms with E-state index >= 15 is 0 Å². The van der Waals surface area contributed by atoms with E-state index in [0.29, 0.717) is 0 Å². The Labute approximate surface area is 103 Å². The van der Waals surface area contributed by atoms with Gasteiger partial charge in [-0.15, -0.1) is 11.3 Å². The SMILES string of the molecule is CCCC(OC)C(N)Cc1ccc(CC)s1. The Kier molecular flexibility index (Phi) is 6.03. The summed E-state index contributed by atoms with van der Waals surface area (Å²) < 4.78 is 5.44. The molecule has 1 aromatic rings. The second-order valence-electron chi connectivity index (χ2n) is 4.15. The van der Waals surface area contributed by atoms with Gasteiger partial charge in [-0.3, -0.25) is 0 Å². The van der Waals surface area contributed by atoms with E-state index in [0.717, 1.165) is 25.7 Å². The van der Waals surface area contributed by atoms with E-state index in [9.17, 15) is 0 Å². The maximum atomic E-state index is 6.18. The largest absolute Gasteiger partial charge is 0.380 e. The highest BCUT2D eigenvalue weighted by atomic mass is 32.1. The quantitative estimate of drug-likeness (QED) is 0.796. The first-order valence-corrected chi connectivity index (χ1v) is 6.88. The van der Waals surface area contributed by atoms with Gasteiger partial charge in [0, 0.05) is 22.9 Å². The van der Waals surface area contributed by atoms with Crippen molar-refractivity contribution in [1.82, 2.24) is 0 Å². The lowest BCUT2D eigenvalue weighted by molar-refractivity contribution is 0.0729. The predicted molar refractivity (Wildman–Crippen MR) is 71.1 cm³/mol. The van der Waals surface area contributed by atoms with Crippen molar-refractivity contribution in [3.63, 3.8) is 0 Å². The number of thiophene rings is 1. The molecule has 2 unspecified atom stereocenters. The molecule has 0 saturated heterocycles. The van der Waals surface area contributed by atoms with Crippen LogP contribution in [0, 0.1) is 0 Å². The van der Waals surface area contributed by atoms with Gasteiger partial charge in [-0.25, -0.2) is 0 Å². The molecular weight excluding hydrogens is 218 g/mol. The van der Waals surface area contributed by atoms with Gasteiger partial charge in [0.2, 0.25) is 0 Å². The molecule has 0 aromatic carbocycles. The fourth-order valence-corrected chi connectivity index (χ4v) is 2.91. The number of hydrogen-bond donors (Lipinski definition) is 1. The smallest absolute Gasteiger partial charge is 0.0725 e. The number of nitrogens with two attached hydrogens (primary N) is 1. The van der Waals surface area contributed by atoms with Crippen LogP contribution in [0.1, 0.15) is 36.4 Å². The molecule has 1 heterocycles. The van der Waals surface area contributed by atoms with Crippen LogP contribution in [-0.4, -0.2) is 19.3 Å². The molecule has 92 valence electrons. The number of rotatable bonds is 7. The van der Waals surface area contributed by atoms with Gasteiger partial charge >= 0.3 is 0 Å². The highest BCUT2D eigenvalue weighted by Crippen LogP contribution is 2.20. The summed E-state index contributed by atoms with van der Waals surface area (Å²) in [6, 6.07) is 4.52. The Hall–Kier alpha value is -0.380. The normalized spacial score (nSPS) is 15.0. The standard InChI is InChI=1S/C13H23NOS/c1-4-6-13(15-3)12(14)9-11-8-7-10(5-2)16-11/h7-8,12-13H,4-6,9,14H2,1-3H3. The maximum Gasteiger partial charge on any atom is 0.0725 e. The van der Waals surface area contributed by atoms with Crippen molar-refractivity contribution in [3.8, 4) is 0 Å². The first-order valence-electron chi connectivity index (χ1n) is 6.07. The number of ether oxygens (including phenoxy) is 1. The van der Waals surface area contributed by atoms with E-state index in [4.69, 9.17) is 10.5 Å². The minimum Gasteiger partial charge on any atom is -0.380 e. The van der Waals surface area contributed by atoms with Gasteiger partial charge < -0.3 is 10.5 Å². The van der Waals surface area contributed by atoms with Crippen LogP contribution >= 0.6 is 11.3 Å². The topological polar surface area (TPSA) is 35.2 Å². The van der Waals surface area contributed by atoms with Crippen molar-refractivity contribution in [2.45, 2.75) is 51.7 Å². The molecule has 1 aromatic heterocycles. The zero-order valence-corrected chi connectivity index (χ0v) is 11.3. The second kappa shape index (κ2) is 7.05.